The molecule has 0 bridgehead atoms. The molecule has 1 saturated heterocycles. The molecule has 3 N–H and O–H groups in total. The Kier molecular flexibility index (Phi) is 10.4. The first kappa shape index (κ1) is 21.3. The van der Waals surface area contributed by atoms with Crippen molar-refractivity contribution in [1.29, 1.82) is 0 Å². The van der Waals surface area contributed by atoms with E-state index in [0.717, 1.165) is 0 Å². The van der Waals surface area contributed by atoms with Crippen molar-refractivity contribution in [3.63, 3.8) is 0 Å². The fraction of sp³-hybridized carbons (Fsp3) is 1.00. The van der Waals surface area contributed by atoms with Crippen molar-refractivity contribution in [1.82, 2.24) is 0 Å². The summed E-state index contributed by atoms with van der Waals surface area (Å²) in [4.78, 5) is 20.5. The smallest absolute Gasteiger partial charge is 0.790 e. The molecule has 0 saturated carbocycles. The molecule has 17 heavy (non-hydrogen) atoms. The number of ether oxygens (including phenoxy) is 1. The normalized spacial score (nSPS) is 37.9. The predicted octanol–water partition coefficient (Wildman–Crippen LogP) is -9.33. The molecule has 1 fully saturated rings. The maximum absolute atomic E-state index is 10.3. The van der Waals surface area contributed by atoms with Gasteiger partial charge in [-0.25, -0.2) is 0 Å². The van der Waals surface area contributed by atoms with Crippen LogP contribution < -0.4 is 68.9 Å². The van der Waals surface area contributed by atoms with Crippen LogP contribution in [0.3, 0.4) is 0 Å². The van der Waals surface area contributed by atoms with E-state index in [1.807, 2.05) is 0 Å². The number of hydrogen-bond acceptors (Lipinski definition) is 8. The van der Waals surface area contributed by atoms with E-state index in [1.54, 1.807) is 0 Å². The number of aliphatic hydroxyl groups excluding tert-OH is 3. The van der Waals surface area contributed by atoms with Crippen molar-refractivity contribution in [3.8, 4) is 0 Å². The zero-order valence-electron chi connectivity index (χ0n) is 9.72. The van der Waals surface area contributed by atoms with Crippen molar-refractivity contribution >= 4 is 7.82 Å². The monoisotopic (exact) mass is 288 g/mol. The number of phosphoric acid groups is 1. The second kappa shape index (κ2) is 8.28. The average Bonchev–Trinajstić information content (AvgIpc) is 2.08. The van der Waals surface area contributed by atoms with Gasteiger partial charge in [0.05, 0.1) is 13.9 Å². The molecule has 8 nitrogen and oxygen atoms in total. The van der Waals surface area contributed by atoms with E-state index in [-0.39, 0.29) is 59.1 Å². The van der Waals surface area contributed by atoms with Crippen LogP contribution in [0.15, 0.2) is 0 Å². The molecule has 90 valence electrons. The molecule has 2 unspecified atom stereocenters. The third kappa shape index (κ3) is 6.29. The maximum atomic E-state index is 10.3. The second-order valence-corrected chi connectivity index (χ2v) is 4.34. The molecule has 0 aliphatic carbocycles. The summed E-state index contributed by atoms with van der Waals surface area (Å²) in [5.41, 5.74) is 0. The van der Waals surface area contributed by atoms with Gasteiger partial charge in [0.15, 0.2) is 6.29 Å². The SMILES string of the molecule is CC1OC(OP(=O)([O-])[O-])[C@H](O)[C@@H](O)[C@@H]1O.[Na+].[Na+]. The Hall–Kier alpha value is 1.95. The van der Waals surface area contributed by atoms with Crippen LogP contribution in [0.1, 0.15) is 6.92 Å². The molecule has 0 aromatic carbocycles. The topological polar surface area (TPSA) is 142 Å². The summed E-state index contributed by atoms with van der Waals surface area (Å²) in [6.45, 7) is 1.33. The summed E-state index contributed by atoms with van der Waals surface area (Å²) in [6, 6.07) is 0. The minimum absolute atomic E-state index is 0. The molecule has 1 heterocycles. The van der Waals surface area contributed by atoms with Gasteiger partial charge in [-0.3, -0.25) is 0 Å². The summed E-state index contributed by atoms with van der Waals surface area (Å²) >= 11 is 0. The maximum Gasteiger partial charge on any atom is 1.00 e. The van der Waals surface area contributed by atoms with Gasteiger partial charge in [0.1, 0.15) is 18.3 Å². The molecule has 5 atom stereocenters. The number of rotatable bonds is 2. The van der Waals surface area contributed by atoms with Crippen molar-refractivity contribution in [2.45, 2.75) is 37.6 Å². The van der Waals surface area contributed by atoms with Crippen LogP contribution >= 0.6 is 7.82 Å². The van der Waals surface area contributed by atoms with E-state index >= 15 is 0 Å². The number of phosphoric ester groups is 1. The molecule has 0 spiro atoms. The van der Waals surface area contributed by atoms with E-state index in [4.69, 9.17) is 4.74 Å². The van der Waals surface area contributed by atoms with Crippen LogP contribution in [-0.2, 0) is 13.8 Å². The van der Waals surface area contributed by atoms with Gasteiger partial charge in [0, 0.05) is 0 Å². The van der Waals surface area contributed by atoms with Crippen molar-refractivity contribution in [3.05, 3.63) is 0 Å². The standard InChI is InChI=1S/C6H13O8P.2Na/c1-2-3(7)4(8)5(9)6(13-2)14-15(10,11)12;;/h2-9H,1H3,(H2,10,11,12);;/q;2*+1/p-2/t2?,3-,4+,5-,6?;;/m1../s1. The van der Waals surface area contributed by atoms with Crippen LogP contribution in [0.5, 0.6) is 0 Å². The van der Waals surface area contributed by atoms with Gasteiger partial charge in [0.25, 0.3) is 0 Å². The van der Waals surface area contributed by atoms with E-state index < -0.39 is 38.5 Å². The fourth-order valence-corrected chi connectivity index (χ4v) is 1.66. The number of hydrogen-bond donors (Lipinski definition) is 3. The summed E-state index contributed by atoms with van der Waals surface area (Å²) in [7, 11) is -5.32. The molecule has 1 aliphatic heterocycles. The molecule has 11 heteroatoms. The van der Waals surface area contributed by atoms with Crippen molar-refractivity contribution in [2.24, 2.45) is 0 Å². The van der Waals surface area contributed by atoms with Crippen LogP contribution in [0.25, 0.3) is 0 Å². The third-order valence-electron chi connectivity index (χ3n) is 2.04. The van der Waals surface area contributed by atoms with Gasteiger partial charge in [-0.2, -0.15) is 0 Å². The van der Waals surface area contributed by atoms with Crippen LogP contribution in [-0.4, -0.2) is 46.0 Å². The molecular weight excluding hydrogens is 277 g/mol. The van der Waals surface area contributed by atoms with Gasteiger partial charge in [-0.05, 0) is 6.92 Å². The Morgan fingerprint density at radius 1 is 1.12 bits per heavy atom. The Bertz CT molecular complexity index is 273. The molecule has 0 aromatic heterocycles. The van der Waals surface area contributed by atoms with E-state index in [2.05, 4.69) is 4.52 Å². The zero-order valence-corrected chi connectivity index (χ0v) is 14.6. The summed E-state index contributed by atoms with van der Waals surface area (Å²) < 4.78 is 18.8. The zero-order chi connectivity index (χ0) is 11.8. The molecule has 0 amide bonds. The summed E-state index contributed by atoms with van der Waals surface area (Å²) in [5.74, 6) is 0. The first-order chi connectivity index (χ1) is 6.72. The fourth-order valence-electron chi connectivity index (χ4n) is 1.23. The van der Waals surface area contributed by atoms with E-state index in [9.17, 15) is 29.7 Å². The Labute approximate surface area is 142 Å². The van der Waals surface area contributed by atoms with Gasteiger partial charge < -0.3 is 38.9 Å². The molecular formula is C6H11Na2O8P. The van der Waals surface area contributed by atoms with E-state index in [0.29, 0.717) is 0 Å². The van der Waals surface area contributed by atoms with Crippen LogP contribution in [0, 0.1) is 0 Å². The van der Waals surface area contributed by atoms with Gasteiger partial charge in [-0.1, -0.05) is 0 Å². The minimum atomic E-state index is -5.32. The average molecular weight is 288 g/mol. The molecule has 1 aliphatic rings. The van der Waals surface area contributed by atoms with Crippen molar-refractivity contribution in [2.75, 3.05) is 0 Å². The van der Waals surface area contributed by atoms with Crippen molar-refractivity contribution < 1.29 is 98.0 Å². The van der Waals surface area contributed by atoms with Gasteiger partial charge in [-0.15, -0.1) is 0 Å². The molecule has 1 rings (SSSR count). The minimum Gasteiger partial charge on any atom is -0.790 e. The van der Waals surface area contributed by atoms with E-state index in [1.165, 1.54) is 6.92 Å². The third-order valence-corrected chi connectivity index (χ3v) is 2.51. The first-order valence-electron chi connectivity index (χ1n) is 4.12. The largest absolute Gasteiger partial charge is 1.00 e. The Morgan fingerprint density at radius 2 is 1.59 bits per heavy atom. The first-order valence-corrected chi connectivity index (χ1v) is 5.58. The Balaban J connectivity index is 0. The summed E-state index contributed by atoms with van der Waals surface area (Å²) in [6.07, 6.45) is -7.56. The predicted molar refractivity (Wildman–Crippen MR) is 41.0 cm³/mol. The number of aliphatic hydroxyl groups is 3. The van der Waals surface area contributed by atoms with Crippen LogP contribution in [0.4, 0.5) is 0 Å². The Morgan fingerprint density at radius 3 is 2.00 bits per heavy atom. The quantitative estimate of drug-likeness (QED) is 0.336. The molecule has 0 radical (unpaired) electrons. The summed E-state index contributed by atoms with van der Waals surface area (Å²) in [5, 5.41) is 27.7. The molecule has 0 aromatic rings. The second-order valence-electron chi connectivity index (χ2n) is 3.23. The van der Waals surface area contributed by atoms with Gasteiger partial charge in [0.2, 0.25) is 0 Å². The van der Waals surface area contributed by atoms with Crippen LogP contribution in [0.2, 0.25) is 0 Å². The van der Waals surface area contributed by atoms with Gasteiger partial charge >= 0.3 is 59.1 Å².